The van der Waals surface area contributed by atoms with Gasteiger partial charge in [-0.05, 0) is 18.9 Å². The van der Waals surface area contributed by atoms with Crippen LogP contribution < -0.4 is 0 Å². The van der Waals surface area contributed by atoms with Gasteiger partial charge in [-0.25, -0.2) is 4.39 Å². The molecule has 0 saturated carbocycles. The van der Waals surface area contributed by atoms with Crippen molar-refractivity contribution in [3.8, 4) is 0 Å². The molecule has 0 fully saturated rings. The van der Waals surface area contributed by atoms with Gasteiger partial charge in [0.15, 0.2) is 6.04 Å². The zero-order valence-corrected chi connectivity index (χ0v) is 17.1. The van der Waals surface area contributed by atoms with Crippen LogP contribution in [0.5, 0.6) is 0 Å². The number of halogens is 1. The summed E-state index contributed by atoms with van der Waals surface area (Å²) in [6.07, 6.45) is 11.1. The second kappa shape index (κ2) is 18.1. The van der Waals surface area contributed by atoms with Crippen LogP contribution in [0.1, 0.15) is 97.3 Å². The summed E-state index contributed by atoms with van der Waals surface area (Å²) in [6, 6.07) is -1.53. The number of esters is 1. The second-order valence-electron chi connectivity index (χ2n) is 7.09. The minimum Gasteiger partial charge on any atom is -0.466 e. The summed E-state index contributed by atoms with van der Waals surface area (Å²) in [5.41, 5.74) is 8.49. The summed E-state index contributed by atoms with van der Waals surface area (Å²) in [4.78, 5) is 14.1. The predicted octanol–water partition coefficient (Wildman–Crippen LogP) is 6.02. The molecule has 0 amide bonds. The molecular weight excluding hydrogens is 349 g/mol. The zero-order valence-electron chi connectivity index (χ0n) is 17.1. The van der Waals surface area contributed by atoms with Gasteiger partial charge in [-0.2, -0.15) is 0 Å². The van der Waals surface area contributed by atoms with Crippen molar-refractivity contribution in [2.75, 3.05) is 6.61 Å². The highest BCUT2D eigenvalue weighted by atomic mass is 19.1. The first-order valence-corrected chi connectivity index (χ1v) is 10.6. The minimum atomic E-state index is -1.66. The summed E-state index contributed by atoms with van der Waals surface area (Å²) < 4.78 is 18.8. The van der Waals surface area contributed by atoms with E-state index in [1.807, 2.05) is 0 Å². The number of hydrogen-bond acceptors (Lipinski definition) is 4. The number of rotatable bonds is 18. The van der Waals surface area contributed by atoms with Crippen LogP contribution in [0.25, 0.3) is 10.4 Å². The van der Waals surface area contributed by atoms with E-state index < -0.39 is 24.3 Å². The van der Waals surface area contributed by atoms with Crippen molar-refractivity contribution in [3.63, 3.8) is 0 Å². The molecule has 0 bridgehead atoms. The maximum Gasteiger partial charge on any atom is 0.317 e. The van der Waals surface area contributed by atoms with Crippen molar-refractivity contribution >= 4 is 5.97 Å². The van der Waals surface area contributed by atoms with E-state index in [9.17, 15) is 14.3 Å². The summed E-state index contributed by atoms with van der Waals surface area (Å²) in [5, 5.41) is 13.1. The van der Waals surface area contributed by atoms with Crippen molar-refractivity contribution in [2.24, 2.45) is 5.11 Å². The Kier molecular flexibility index (Phi) is 17.2. The van der Waals surface area contributed by atoms with E-state index in [0.29, 0.717) is 6.42 Å². The highest BCUT2D eigenvalue weighted by molar-refractivity contribution is 5.76. The van der Waals surface area contributed by atoms with Crippen molar-refractivity contribution in [2.45, 2.75) is 116 Å². The number of aliphatic hydroxyl groups excluding tert-OH is 1. The van der Waals surface area contributed by atoms with Gasteiger partial charge < -0.3 is 9.84 Å². The van der Waals surface area contributed by atoms with E-state index in [2.05, 4.69) is 16.9 Å². The standard InChI is InChI=1S/C20H38FN3O3/c1-3-5-6-7-8-9-10-11-12-13-14-15-16-17(21)19(25)18(23-24-22)20(26)27-4-2/h17-19,25H,3-16H2,1-2H3/t17?,18-,19-/m0/s1. The first-order valence-electron chi connectivity index (χ1n) is 10.6. The van der Waals surface area contributed by atoms with Crippen molar-refractivity contribution < 1.29 is 19.0 Å². The Bertz CT molecular complexity index is 417. The fourth-order valence-electron chi connectivity index (χ4n) is 3.09. The predicted molar refractivity (Wildman–Crippen MR) is 106 cm³/mol. The van der Waals surface area contributed by atoms with Crippen LogP contribution in [0.15, 0.2) is 5.11 Å². The van der Waals surface area contributed by atoms with E-state index in [0.717, 1.165) is 19.3 Å². The molecular formula is C20H38FN3O3. The minimum absolute atomic E-state index is 0.0820. The Morgan fingerprint density at radius 1 is 1.00 bits per heavy atom. The number of carbonyl (C=O) groups excluding carboxylic acids is 1. The lowest BCUT2D eigenvalue weighted by Gasteiger charge is -2.20. The number of carbonyl (C=O) groups is 1. The number of unbranched alkanes of at least 4 members (excludes halogenated alkanes) is 11. The molecule has 0 aromatic heterocycles. The van der Waals surface area contributed by atoms with Crippen LogP contribution >= 0.6 is 0 Å². The van der Waals surface area contributed by atoms with Crippen LogP contribution in [0.3, 0.4) is 0 Å². The van der Waals surface area contributed by atoms with Gasteiger partial charge in [0.2, 0.25) is 0 Å². The highest BCUT2D eigenvalue weighted by Crippen LogP contribution is 2.18. The summed E-state index contributed by atoms with van der Waals surface area (Å²) in [5.74, 6) is -0.889. The SMILES string of the molecule is CCCCCCCCCCCCCCC(F)[C@H](O)[C@H](N=[N+]=[N-])C(=O)OCC. The second-order valence-corrected chi connectivity index (χ2v) is 7.09. The Morgan fingerprint density at radius 2 is 1.48 bits per heavy atom. The fraction of sp³-hybridized carbons (Fsp3) is 0.950. The molecule has 0 radical (unpaired) electrons. The summed E-state index contributed by atoms with van der Waals surface area (Å²) >= 11 is 0. The number of aliphatic hydroxyl groups is 1. The molecule has 0 spiro atoms. The fourth-order valence-corrected chi connectivity index (χ4v) is 3.09. The van der Waals surface area contributed by atoms with Crippen LogP contribution in [-0.2, 0) is 9.53 Å². The molecule has 1 N–H and O–H groups in total. The van der Waals surface area contributed by atoms with Gasteiger partial charge in [-0.1, -0.05) is 89.1 Å². The molecule has 0 aliphatic carbocycles. The first kappa shape index (κ1) is 25.7. The van der Waals surface area contributed by atoms with E-state index in [1.165, 1.54) is 51.4 Å². The molecule has 3 atom stereocenters. The molecule has 6 nitrogen and oxygen atoms in total. The highest BCUT2D eigenvalue weighted by Gasteiger charge is 2.33. The van der Waals surface area contributed by atoms with Crippen LogP contribution in [-0.4, -0.2) is 36.0 Å². The molecule has 0 aliphatic rings. The van der Waals surface area contributed by atoms with E-state index in [1.54, 1.807) is 6.92 Å². The molecule has 27 heavy (non-hydrogen) atoms. The number of hydrogen-bond donors (Lipinski definition) is 1. The molecule has 0 aliphatic heterocycles. The normalized spacial score (nSPS) is 14.2. The number of nitrogens with zero attached hydrogens (tertiary/aromatic N) is 3. The van der Waals surface area contributed by atoms with Gasteiger partial charge in [-0.3, -0.25) is 4.79 Å². The molecule has 0 rings (SSSR count). The zero-order chi connectivity index (χ0) is 20.3. The molecule has 0 aromatic rings. The maximum atomic E-state index is 14.1. The Labute approximate surface area is 163 Å². The first-order chi connectivity index (χ1) is 13.1. The Hall–Kier alpha value is -1.33. The largest absolute Gasteiger partial charge is 0.466 e. The lowest BCUT2D eigenvalue weighted by molar-refractivity contribution is -0.148. The molecule has 0 heterocycles. The quantitative estimate of drug-likeness (QED) is 0.102. The number of azide groups is 1. The van der Waals surface area contributed by atoms with Crippen LogP contribution in [0, 0.1) is 0 Å². The smallest absolute Gasteiger partial charge is 0.317 e. The molecule has 7 heteroatoms. The van der Waals surface area contributed by atoms with Crippen LogP contribution in [0.2, 0.25) is 0 Å². The average Bonchev–Trinajstić information content (AvgIpc) is 2.66. The maximum absolute atomic E-state index is 14.1. The van der Waals surface area contributed by atoms with E-state index in [-0.39, 0.29) is 13.0 Å². The third kappa shape index (κ3) is 13.5. The van der Waals surface area contributed by atoms with Gasteiger partial charge in [0.05, 0.1) is 6.61 Å². The van der Waals surface area contributed by atoms with Gasteiger partial charge in [0.25, 0.3) is 0 Å². The van der Waals surface area contributed by atoms with Gasteiger partial charge in [-0.15, -0.1) is 0 Å². The third-order valence-electron chi connectivity index (χ3n) is 4.73. The molecule has 0 saturated heterocycles. The summed E-state index contributed by atoms with van der Waals surface area (Å²) in [6.45, 7) is 3.90. The van der Waals surface area contributed by atoms with Crippen LogP contribution in [0.4, 0.5) is 4.39 Å². The lowest BCUT2D eigenvalue weighted by atomic mass is 10.0. The van der Waals surface area contributed by atoms with Gasteiger partial charge >= 0.3 is 5.97 Å². The van der Waals surface area contributed by atoms with Crippen molar-refractivity contribution in [1.82, 2.24) is 0 Å². The monoisotopic (exact) mass is 387 g/mol. The van der Waals surface area contributed by atoms with E-state index in [4.69, 9.17) is 10.3 Å². The average molecular weight is 388 g/mol. The lowest BCUT2D eigenvalue weighted by Crippen LogP contribution is -2.40. The van der Waals surface area contributed by atoms with Crippen molar-refractivity contribution in [1.29, 1.82) is 0 Å². The third-order valence-corrected chi connectivity index (χ3v) is 4.73. The van der Waals surface area contributed by atoms with Crippen molar-refractivity contribution in [3.05, 3.63) is 10.4 Å². The Balaban J connectivity index is 3.78. The topological polar surface area (TPSA) is 95.3 Å². The number of alkyl halides is 1. The van der Waals surface area contributed by atoms with Gasteiger partial charge in [0, 0.05) is 4.91 Å². The molecule has 158 valence electrons. The summed E-state index contributed by atoms with van der Waals surface area (Å²) in [7, 11) is 0. The van der Waals surface area contributed by atoms with E-state index >= 15 is 0 Å². The number of ether oxygens (including phenoxy) is 1. The molecule has 0 aromatic carbocycles. The Morgan fingerprint density at radius 3 is 1.93 bits per heavy atom. The molecule has 1 unspecified atom stereocenters. The van der Waals surface area contributed by atoms with Gasteiger partial charge in [0.1, 0.15) is 12.3 Å².